The number of Topliss-reactive ketones (excluding diaryl/α,β-unsaturated/α-hetero) is 1. The highest BCUT2D eigenvalue weighted by atomic mass is 16.1. The van der Waals surface area contributed by atoms with Crippen LogP contribution in [0.25, 0.3) is 6.08 Å². The van der Waals surface area contributed by atoms with E-state index < -0.39 is 0 Å². The molecule has 1 aliphatic heterocycles. The number of carbonyl (C=O) groups excluding carboxylic acids is 1. The molecular weight excluding hydrogens is 222 g/mol. The van der Waals surface area contributed by atoms with Gasteiger partial charge in [-0.05, 0) is 44.0 Å². The topological polar surface area (TPSA) is 29.1 Å². The fraction of sp³-hybridized carbons (Fsp3) is 0.438. The Kier molecular flexibility index (Phi) is 3.55. The van der Waals surface area contributed by atoms with Crippen molar-refractivity contribution in [2.75, 3.05) is 5.32 Å². The van der Waals surface area contributed by atoms with E-state index in [-0.39, 0.29) is 11.3 Å². The van der Waals surface area contributed by atoms with Crippen molar-refractivity contribution in [2.24, 2.45) is 0 Å². The highest BCUT2D eigenvalue weighted by Gasteiger charge is 2.19. The largest absolute Gasteiger partial charge is 0.376 e. The maximum atomic E-state index is 12.0. The van der Waals surface area contributed by atoms with E-state index in [1.165, 1.54) is 0 Å². The third kappa shape index (κ3) is 2.81. The zero-order valence-corrected chi connectivity index (χ0v) is 11.4. The van der Waals surface area contributed by atoms with E-state index in [2.05, 4.69) is 38.2 Å². The van der Waals surface area contributed by atoms with Crippen LogP contribution in [0.5, 0.6) is 0 Å². The summed E-state index contributed by atoms with van der Waals surface area (Å²) in [6.07, 6.45) is 6.92. The van der Waals surface area contributed by atoms with Crippen molar-refractivity contribution in [2.45, 2.75) is 45.6 Å². The van der Waals surface area contributed by atoms with Gasteiger partial charge in [0.15, 0.2) is 5.78 Å². The molecule has 1 aliphatic rings. The molecule has 1 aromatic carbocycles. The summed E-state index contributed by atoms with van der Waals surface area (Å²) in [6, 6.07) is 5.94. The van der Waals surface area contributed by atoms with E-state index in [1.807, 2.05) is 18.2 Å². The average Bonchev–Trinajstić information content (AvgIpc) is 2.34. The molecule has 0 radical (unpaired) electrons. The van der Waals surface area contributed by atoms with Gasteiger partial charge in [-0.2, -0.15) is 0 Å². The Morgan fingerprint density at radius 1 is 1.33 bits per heavy atom. The highest BCUT2D eigenvalue weighted by Crippen LogP contribution is 2.29. The molecule has 0 fully saturated rings. The Labute approximate surface area is 109 Å². The molecule has 2 heteroatoms. The number of nitrogens with one attached hydrogen (secondary N) is 1. The summed E-state index contributed by atoms with van der Waals surface area (Å²) in [5, 5.41) is 3.45. The van der Waals surface area contributed by atoms with Gasteiger partial charge in [0.25, 0.3) is 0 Å². The summed E-state index contributed by atoms with van der Waals surface area (Å²) < 4.78 is 0. The predicted molar refractivity (Wildman–Crippen MR) is 77.0 cm³/mol. The van der Waals surface area contributed by atoms with Gasteiger partial charge in [-0.1, -0.05) is 25.5 Å². The van der Waals surface area contributed by atoms with Crippen molar-refractivity contribution < 1.29 is 4.79 Å². The van der Waals surface area contributed by atoms with E-state index >= 15 is 0 Å². The van der Waals surface area contributed by atoms with E-state index in [4.69, 9.17) is 0 Å². The Balaban J connectivity index is 2.21. The van der Waals surface area contributed by atoms with E-state index in [1.54, 1.807) is 0 Å². The number of unbranched alkanes of at least 4 members (excludes halogenated alkanes) is 1. The Hall–Kier alpha value is -1.57. The van der Waals surface area contributed by atoms with Gasteiger partial charge in [0.1, 0.15) is 0 Å². The lowest BCUT2D eigenvalue weighted by Crippen LogP contribution is -2.30. The third-order valence-electron chi connectivity index (χ3n) is 3.27. The molecule has 0 atom stereocenters. The van der Waals surface area contributed by atoms with Crippen LogP contribution in [0.1, 0.15) is 56.0 Å². The van der Waals surface area contributed by atoms with Gasteiger partial charge in [0, 0.05) is 17.7 Å². The molecule has 0 amide bonds. The first-order valence-electron chi connectivity index (χ1n) is 6.66. The lowest BCUT2D eigenvalue weighted by atomic mass is 9.94. The molecule has 0 unspecified atom stereocenters. The number of ketones is 1. The monoisotopic (exact) mass is 243 g/mol. The molecule has 2 rings (SSSR count). The number of fused-ring (bicyclic) bond motifs is 1. The predicted octanol–water partition coefficient (Wildman–Crippen LogP) is 4.28. The number of hydrogen-bond acceptors (Lipinski definition) is 2. The number of rotatable bonds is 4. The van der Waals surface area contributed by atoms with Gasteiger partial charge in [-0.25, -0.2) is 0 Å². The van der Waals surface area contributed by atoms with Crippen molar-refractivity contribution in [3.63, 3.8) is 0 Å². The molecule has 0 aliphatic carbocycles. The summed E-state index contributed by atoms with van der Waals surface area (Å²) in [7, 11) is 0. The van der Waals surface area contributed by atoms with Crippen molar-refractivity contribution in [3.05, 3.63) is 35.4 Å². The summed E-state index contributed by atoms with van der Waals surface area (Å²) in [5.41, 5.74) is 3.03. The van der Waals surface area contributed by atoms with Crippen LogP contribution in [-0.4, -0.2) is 11.3 Å². The van der Waals surface area contributed by atoms with Crippen molar-refractivity contribution in [3.8, 4) is 0 Å². The van der Waals surface area contributed by atoms with Crippen LogP contribution in [0.15, 0.2) is 24.3 Å². The molecular formula is C16H21NO. The standard InChI is InChI=1S/C16H21NO/c1-4-5-6-15(18)13-7-8-14-12(11-13)9-10-16(2,3)17-14/h7-11,17H,4-6H2,1-3H3. The van der Waals surface area contributed by atoms with E-state index in [0.29, 0.717) is 6.42 Å². The van der Waals surface area contributed by atoms with Crippen molar-refractivity contribution in [1.82, 2.24) is 0 Å². The summed E-state index contributed by atoms with van der Waals surface area (Å²) >= 11 is 0. The lowest BCUT2D eigenvalue weighted by Gasteiger charge is -2.29. The van der Waals surface area contributed by atoms with Crippen LogP contribution < -0.4 is 5.32 Å². The van der Waals surface area contributed by atoms with E-state index in [9.17, 15) is 4.79 Å². The molecule has 0 saturated heterocycles. The molecule has 96 valence electrons. The minimum atomic E-state index is -0.0132. The molecule has 1 N–H and O–H groups in total. The van der Waals surface area contributed by atoms with Crippen LogP contribution in [0.3, 0.4) is 0 Å². The molecule has 0 saturated carbocycles. The van der Waals surface area contributed by atoms with Crippen LogP contribution in [0, 0.1) is 0 Å². The third-order valence-corrected chi connectivity index (χ3v) is 3.27. The normalized spacial score (nSPS) is 15.9. The lowest BCUT2D eigenvalue weighted by molar-refractivity contribution is 0.0980. The second-order valence-electron chi connectivity index (χ2n) is 5.51. The highest BCUT2D eigenvalue weighted by molar-refractivity contribution is 5.97. The number of benzene rings is 1. The van der Waals surface area contributed by atoms with Gasteiger partial charge in [-0.3, -0.25) is 4.79 Å². The maximum absolute atomic E-state index is 12.0. The Morgan fingerprint density at radius 2 is 2.11 bits per heavy atom. The fourth-order valence-electron chi connectivity index (χ4n) is 2.16. The van der Waals surface area contributed by atoms with Gasteiger partial charge in [0.05, 0.1) is 5.54 Å². The SMILES string of the molecule is CCCCC(=O)c1ccc2c(c1)C=CC(C)(C)N2. The fourth-order valence-corrected chi connectivity index (χ4v) is 2.16. The van der Waals surface area contributed by atoms with Gasteiger partial charge in [-0.15, -0.1) is 0 Å². The quantitative estimate of drug-likeness (QED) is 0.800. The summed E-state index contributed by atoms with van der Waals surface area (Å²) in [5.74, 6) is 0.248. The molecule has 0 bridgehead atoms. The molecule has 0 aromatic heterocycles. The van der Waals surface area contributed by atoms with Crippen LogP contribution in [0.2, 0.25) is 0 Å². The van der Waals surface area contributed by atoms with Crippen molar-refractivity contribution in [1.29, 1.82) is 0 Å². The first-order valence-corrected chi connectivity index (χ1v) is 6.66. The summed E-state index contributed by atoms with van der Waals surface area (Å²) in [4.78, 5) is 12.0. The second-order valence-corrected chi connectivity index (χ2v) is 5.51. The van der Waals surface area contributed by atoms with Gasteiger partial charge in [0.2, 0.25) is 0 Å². The molecule has 2 nitrogen and oxygen atoms in total. The smallest absolute Gasteiger partial charge is 0.162 e. The van der Waals surface area contributed by atoms with Gasteiger partial charge < -0.3 is 5.32 Å². The number of carbonyl (C=O) groups is 1. The average molecular weight is 243 g/mol. The zero-order chi connectivity index (χ0) is 13.2. The van der Waals surface area contributed by atoms with Gasteiger partial charge >= 0.3 is 0 Å². The maximum Gasteiger partial charge on any atom is 0.162 e. The number of hydrogen-bond donors (Lipinski definition) is 1. The zero-order valence-electron chi connectivity index (χ0n) is 11.4. The molecule has 1 aromatic rings. The number of anilines is 1. The first-order chi connectivity index (χ1) is 8.52. The minimum absolute atomic E-state index is 0.0132. The summed E-state index contributed by atoms with van der Waals surface area (Å²) in [6.45, 7) is 6.37. The molecule has 0 spiro atoms. The van der Waals surface area contributed by atoms with Crippen molar-refractivity contribution >= 4 is 17.5 Å². The molecule has 18 heavy (non-hydrogen) atoms. The Morgan fingerprint density at radius 3 is 2.83 bits per heavy atom. The molecule has 1 heterocycles. The minimum Gasteiger partial charge on any atom is -0.376 e. The second kappa shape index (κ2) is 4.97. The Bertz CT molecular complexity index is 486. The van der Waals surface area contributed by atoms with Crippen LogP contribution in [-0.2, 0) is 0 Å². The first kappa shape index (κ1) is 12.9. The van der Waals surface area contributed by atoms with Crippen LogP contribution >= 0.6 is 0 Å². The van der Waals surface area contributed by atoms with Crippen LogP contribution in [0.4, 0.5) is 5.69 Å². The van der Waals surface area contributed by atoms with E-state index in [0.717, 1.165) is 29.7 Å².